The fourth-order valence-electron chi connectivity index (χ4n) is 3.23. The van der Waals surface area contributed by atoms with Crippen LogP contribution in [0, 0.1) is 6.92 Å². The molecule has 3 aromatic rings. The van der Waals surface area contributed by atoms with Gasteiger partial charge in [0.1, 0.15) is 0 Å². The smallest absolute Gasteiger partial charge is 0.233 e. The Morgan fingerprint density at radius 3 is 1.84 bits per heavy atom. The first-order chi connectivity index (χ1) is 14.6. The van der Waals surface area contributed by atoms with Crippen LogP contribution in [0.3, 0.4) is 0 Å². The van der Waals surface area contributed by atoms with Crippen LogP contribution in [0.1, 0.15) is 30.9 Å². The molecule has 4 rings (SSSR count). The quantitative estimate of drug-likeness (QED) is 0.555. The van der Waals surface area contributed by atoms with Crippen molar-refractivity contribution in [3.8, 4) is 0 Å². The molecule has 1 aliphatic rings. The van der Waals surface area contributed by atoms with Crippen molar-refractivity contribution < 1.29 is 4.74 Å². The van der Waals surface area contributed by atoms with Crippen molar-refractivity contribution >= 4 is 41.6 Å². The summed E-state index contributed by atoms with van der Waals surface area (Å²) >= 11 is 0. The lowest BCUT2D eigenvalue weighted by Gasteiger charge is -2.27. The fraction of sp³-hybridized carbons (Fsp3) is 0.348. The van der Waals surface area contributed by atoms with Gasteiger partial charge in [0, 0.05) is 24.5 Å². The summed E-state index contributed by atoms with van der Waals surface area (Å²) in [7, 11) is 0. The number of hydrogen-bond acceptors (Lipinski definition) is 7. The molecule has 0 atom stereocenters. The topological polar surface area (TPSA) is 75.2 Å². The van der Waals surface area contributed by atoms with E-state index in [0.717, 1.165) is 24.5 Å². The van der Waals surface area contributed by atoms with E-state index in [9.17, 15) is 0 Å². The number of nitrogens with zero attached hydrogens (tertiary/aromatic N) is 4. The summed E-state index contributed by atoms with van der Waals surface area (Å²) in [5, 5.41) is 6.63. The second kappa shape index (κ2) is 10.4. The predicted octanol–water partition coefficient (Wildman–Crippen LogP) is 5.05. The molecule has 1 fully saturated rings. The van der Waals surface area contributed by atoms with Crippen molar-refractivity contribution in [3.63, 3.8) is 0 Å². The maximum atomic E-state index is 5.47. The third-order valence-electron chi connectivity index (χ3n) is 5.06. The Kier molecular flexibility index (Phi) is 7.65. The van der Waals surface area contributed by atoms with Crippen LogP contribution >= 0.6 is 12.4 Å². The number of rotatable bonds is 6. The van der Waals surface area contributed by atoms with Gasteiger partial charge in [-0.15, -0.1) is 12.4 Å². The van der Waals surface area contributed by atoms with Crippen LogP contribution in [0.15, 0.2) is 48.5 Å². The number of aromatic nitrogens is 3. The molecule has 0 saturated carbocycles. The molecular formula is C23H29ClN6O. The van der Waals surface area contributed by atoms with Crippen molar-refractivity contribution in [2.75, 3.05) is 41.8 Å². The molecule has 2 N–H and O–H groups in total. The van der Waals surface area contributed by atoms with E-state index in [-0.39, 0.29) is 12.4 Å². The molecule has 0 radical (unpaired) electrons. The van der Waals surface area contributed by atoms with Crippen LogP contribution in [0.25, 0.3) is 0 Å². The zero-order valence-corrected chi connectivity index (χ0v) is 18.9. The first-order valence-electron chi connectivity index (χ1n) is 10.4. The number of nitrogens with one attached hydrogen (secondary N) is 2. The van der Waals surface area contributed by atoms with Crippen molar-refractivity contribution in [1.29, 1.82) is 0 Å². The van der Waals surface area contributed by atoms with Crippen LogP contribution in [-0.4, -0.2) is 41.3 Å². The first kappa shape index (κ1) is 22.8. The number of halogens is 1. The Labute approximate surface area is 189 Å². The molecule has 1 aliphatic heterocycles. The minimum Gasteiger partial charge on any atom is -0.378 e. The molecule has 31 heavy (non-hydrogen) atoms. The highest BCUT2D eigenvalue weighted by atomic mass is 35.5. The normalized spacial score (nSPS) is 13.6. The zero-order valence-electron chi connectivity index (χ0n) is 18.1. The molecule has 0 spiro atoms. The molecule has 164 valence electrons. The summed E-state index contributed by atoms with van der Waals surface area (Å²) in [5.74, 6) is 2.16. The van der Waals surface area contributed by atoms with E-state index < -0.39 is 0 Å². The number of hydrogen-bond donors (Lipinski definition) is 2. The second-order valence-corrected chi connectivity index (χ2v) is 7.77. The van der Waals surface area contributed by atoms with E-state index in [0.29, 0.717) is 37.0 Å². The summed E-state index contributed by atoms with van der Waals surface area (Å²) in [5.41, 5.74) is 4.39. The maximum Gasteiger partial charge on any atom is 0.233 e. The molecule has 1 saturated heterocycles. The Morgan fingerprint density at radius 1 is 0.806 bits per heavy atom. The molecule has 2 aromatic carbocycles. The van der Waals surface area contributed by atoms with Crippen LogP contribution in [0.4, 0.5) is 29.2 Å². The van der Waals surface area contributed by atoms with E-state index >= 15 is 0 Å². The Balaban J connectivity index is 0.00000272. The highest BCUT2D eigenvalue weighted by molar-refractivity contribution is 5.85. The second-order valence-electron chi connectivity index (χ2n) is 7.77. The molecule has 2 heterocycles. The van der Waals surface area contributed by atoms with Gasteiger partial charge in [0.2, 0.25) is 17.8 Å². The lowest BCUT2D eigenvalue weighted by Crippen LogP contribution is -2.37. The molecule has 0 aliphatic carbocycles. The van der Waals surface area contributed by atoms with Gasteiger partial charge in [-0.3, -0.25) is 0 Å². The Bertz CT molecular complexity index is 972. The number of anilines is 5. The first-order valence-corrected chi connectivity index (χ1v) is 10.4. The van der Waals surface area contributed by atoms with Gasteiger partial charge in [0.05, 0.1) is 13.2 Å². The molecule has 8 heteroatoms. The van der Waals surface area contributed by atoms with Crippen molar-refractivity contribution in [1.82, 2.24) is 15.0 Å². The van der Waals surface area contributed by atoms with Crippen molar-refractivity contribution in [2.45, 2.75) is 26.7 Å². The molecule has 0 unspecified atom stereocenters. The van der Waals surface area contributed by atoms with Gasteiger partial charge in [-0.25, -0.2) is 0 Å². The van der Waals surface area contributed by atoms with Gasteiger partial charge in [0.15, 0.2) is 0 Å². The SMILES string of the molecule is Cc1ccc(Nc2nc(Nc3ccc(C(C)C)cc3)nc(N3CCOCC3)n2)cc1.Cl. The zero-order chi connectivity index (χ0) is 20.9. The minimum absolute atomic E-state index is 0. The van der Waals surface area contributed by atoms with E-state index in [1.54, 1.807) is 0 Å². The number of benzene rings is 2. The van der Waals surface area contributed by atoms with Crippen LogP contribution in [0.2, 0.25) is 0 Å². The Morgan fingerprint density at radius 2 is 1.32 bits per heavy atom. The van der Waals surface area contributed by atoms with Crippen molar-refractivity contribution in [3.05, 3.63) is 59.7 Å². The highest BCUT2D eigenvalue weighted by Crippen LogP contribution is 2.23. The third-order valence-corrected chi connectivity index (χ3v) is 5.06. The van der Waals surface area contributed by atoms with Crippen LogP contribution in [0.5, 0.6) is 0 Å². The average Bonchev–Trinajstić information content (AvgIpc) is 2.76. The van der Waals surface area contributed by atoms with E-state index in [1.165, 1.54) is 11.1 Å². The largest absolute Gasteiger partial charge is 0.378 e. The third kappa shape index (κ3) is 6.06. The summed E-state index contributed by atoms with van der Waals surface area (Å²) in [6.45, 7) is 9.30. The lowest BCUT2D eigenvalue weighted by molar-refractivity contribution is 0.122. The van der Waals surface area contributed by atoms with Gasteiger partial charge >= 0.3 is 0 Å². The summed E-state index contributed by atoms with van der Waals surface area (Å²) in [6, 6.07) is 16.5. The minimum atomic E-state index is 0. The van der Waals surface area contributed by atoms with Gasteiger partial charge in [0.25, 0.3) is 0 Å². The van der Waals surface area contributed by atoms with Crippen molar-refractivity contribution in [2.24, 2.45) is 0 Å². The van der Waals surface area contributed by atoms with E-state index in [2.05, 4.69) is 87.7 Å². The number of ether oxygens (including phenoxy) is 1. The van der Waals surface area contributed by atoms with E-state index in [1.807, 2.05) is 12.1 Å². The monoisotopic (exact) mass is 440 g/mol. The average molecular weight is 441 g/mol. The highest BCUT2D eigenvalue weighted by Gasteiger charge is 2.17. The summed E-state index contributed by atoms with van der Waals surface area (Å²) in [6.07, 6.45) is 0. The standard InChI is InChI=1S/C23H28N6O.ClH/c1-16(2)18-6-10-20(11-7-18)25-22-26-21(24-19-8-4-17(3)5-9-19)27-23(28-22)29-12-14-30-15-13-29;/h4-11,16H,12-15H2,1-3H3,(H2,24,25,26,27,28);1H. The maximum absolute atomic E-state index is 5.47. The fourth-order valence-corrected chi connectivity index (χ4v) is 3.23. The van der Waals surface area contributed by atoms with Gasteiger partial charge in [-0.05, 0) is 42.7 Å². The number of aryl methyl sites for hydroxylation is 1. The molecular weight excluding hydrogens is 412 g/mol. The number of morpholine rings is 1. The molecule has 7 nitrogen and oxygen atoms in total. The van der Waals surface area contributed by atoms with Crippen LogP contribution < -0.4 is 15.5 Å². The lowest BCUT2D eigenvalue weighted by atomic mass is 10.0. The van der Waals surface area contributed by atoms with Gasteiger partial charge < -0.3 is 20.3 Å². The molecule has 1 aromatic heterocycles. The van der Waals surface area contributed by atoms with Crippen LogP contribution in [-0.2, 0) is 4.74 Å². The molecule has 0 bridgehead atoms. The van der Waals surface area contributed by atoms with Gasteiger partial charge in [-0.2, -0.15) is 15.0 Å². The summed E-state index contributed by atoms with van der Waals surface area (Å²) < 4.78 is 5.47. The predicted molar refractivity (Wildman–Crippen MR) is 128 cm³/mol. The molecule has 0 amide bonds. The van der Waals surface area contributed by atoms with E-state index in [4.69, 9.17) is 4.74 Å². The Hall–Kier alpha value is -2.90. The van der Waals surface area contributed by atoms with Gasteiger partial charge in [-0.1, -0.05) is 43.7 Å². The summed E-state index contributed by atoms with van der Waals surface area (Å²) in [4.78, 5) is 16.0.